The van der Waals surface area contributed by atoms with Crippen LogP contribution in [0.5, 0.6) is 0 Å². The molecule has 0 aromatic heterocycles. The van der Waals surface area contributed by atoms with Gasteiger partial charge in [0.25, 0.3) is 0 Å². The highest BCUT2D eigenvalue weighted by Crippen LogP contribution is 2.31. The van der Waals surface area contributed by atoms with Gasteiger partial charge in [0.2, 0.25) is 0 Å². The maximum atomic E-state index is 9.14. The summed E-state index contributed by atoms with van der Waals surface area (Å²) in [7, 11) is 0. The van der Waals surface area contributed by atoms with Crippen molar-refractivity contribution in [3.05, 3.63) is 84.9 Å². The number of hydrogen-bond acceptors (Lipinski definition) is 2. The van der Waals surface area contributed by atoms with Crippen LogP contribution in [0.1, 0.15) is 0 Å². The summed E-state index contributed by atoms with van der Waals surface area (Å²) >= 11 is 1.18. The smallest absolute Gasteiger partial charge is 0.175 e. The molecule has 0 unspecified atom stereocenters. The van der Waals surface area contributed by atoms with E-state index in [0.717, 1.165) is 5.62 Å². The van der Waals surface area contributed by atoms with Crippen LogP contribution >= 0.6 is 11.8 Å². The number of benzene rings is 3. The Balaban J connectivity index is 0.000000396. The lowest BCUT2D eigenvalue weighted by Gasteiger charge is -2.09. The first-order chi connectivity index (χ1) is 10.9. The van der Waals surface area contributed by atoms with Gasteiger partial charge in [-0.05, 0) is 28.5 Å². The van der Waals surface area contributed by atoms with Crippen molar-refractivity contribution in [1.82, 2.24) is 0 Å². The zero-order valence-electron chi connectivity index (χ0n) is 12.5. The molecule has 0 N–H and O–H groups in total. The Hall–Kier alpha value is -2.32. The van der Waals surface area contributed by atoms with Crippen LogP contribution in [-0.4, -0.2) is 11.9 Å². The summed E-state index contributed by atoms with van der Waals surface area (Å²) in [6, 6.07) is 29.6. The minimum Gasteiger partial charge on any atom is -0.291 e. The average molecular weight is 306 g/mol. The number of thioether (sulfide) groups is 1. The van der Waals surface area contributed by atoms with E-state index in [1.807, 2.05) is 0 Å². The molecule has 0 fully saturated rings. The van der Waals surface area contributed by atoms with Gasteiger partial charge in [-0.2, -0.15) is 0 Å². The molecule has 0 saturated carbocycles. The Kier molecular flexibility index (Phi) is 6.46. The molecular formula is C20H18OS. The van der Waals surface area contributed by atoms with E-state index in [-0.39, 0.29) is 0 Å². The molecule has 0 heterocycles. The minimum absolute atomic E-state index is 0.792. The van der Waals surface area contributed by atoms with E-state index in [1.54, 1.807) is 6.26 Å². The number of hydrogen-bond donors (Lipinski definition) is 0. The molecule has 22 heavy (non-hydrogen) atoms. The summed E-state index contributed by atoms with van der Waals surface area (Å²) in [4.78, 5) is 9.14. The average Bonchev–Trinajstić information content (AvgIpc) is 2.63. The third kappa shape index (κ3) is 4.34. The third-order valence-electron chi connectivity index (χ3n) is 3.19. The van der Waals surface area contributed by atoms with Crippen LogP contribution in [0.3, 0.4) is 0 Å². The maximum Gasteiger partial charge on any atom is 0.175 e. The lowest BCUT2D eigenvalue weighted by Crippen LogP contribution is -1.83. The normalized spacial score (nSPS) is 9.50. The Morgan fingerprint density at radius 1 is 0.636 bits per heavy atom. The van der Waals surface area contributed by atoms with Crippen molar-refractivity contribution in [2.24, 2.45) is 0 Å². The van der Waals surface area contributed by atoms with Gasteiger partial charge in [-0.3, -0.25) is 4.79 Å². The fourth-order valence-electron chi connectivity index (χ4n) is 2.22. The molecule has 3 aromatic carbocycles. The summed E-state index contributed by atoms with van der Waals surface area (Å²) in [5, 5.41) is 0. The second kappa shape index (κ2) is 8.85. The largest absolute Gasteiger partial charge is 0.291 e. The number of carbonyl (C=O) groups excluding carboxylic acids is 1. The van der Waals surface area contributed by atoms with Crippen molar-refractivity contribution in [2.75, 3.05) is 6.26 Å². The van der Waals surface area contributed by atoms with Crippen LogP contribution in [0.15, 0.2) is 84.9 Å². The molecular weight excluding hydrogens is 288 g/mol. The first-order valence-electron chi connectivity index (χ1n) is 7.03. The standard InChI is InChI=1S/C18H14.C2H4OS/c1-3-9-15(10-4-1)17-13-7-8-14-18(17)16-11-5-2-6-12-16;1-4-2-3/h1-14H;2H,1H3. The minimum atomic E-state index is 0.792. The van der Waals surface area contributed by atoms with Gasteiger partial charge < -0.3 is 0 Å². The second-order valence-corrected chi connectivity index (χ2v) is 5.27. The quantitative estimate of drug-likeness (QED) is 0.589. The van der Waals surface area contributed by atoms with Crippen molar-refractivity contribution in [3.63, 3.8) is 0 Å². The van der Waals surface area contributed by atoms with Crippen LogP contribution in [0, 0.1) is 0 Å². The first-order valence-corrected chi connectivity index (χ1v) is 8.32. The van der Waals surface area contributed by atoms with E-state index in [0.29, 0.717) is 0 Å². The third-order valence-corrected chi connectivity index (χ3v) is 3.39. The lowest BCUT2D eigenvalue weighted by atomic mass is 9.95. The van der Waals surface area contributed by atoms with E-state index in [9.17, 15) is 0 Å². The molecule has 1 nitrogen and oxygen atoms in total. The highest BCUT2D eigenvalue weighted by Gasteiger charge is 2.05. The van der Waals surface area contributed by atoms with Gasteiger partial charge in [-0.1, -0.05) is 96.7 Å². The van der Waals surface area contributed by atoms with Crippen LogP contribution in [-0.2, 0) is 4.79 Å². The Labute approximate surface area is 136 Å². The molecule has 0 bridgehead atoms. The van der Waals surface area contributed by atoms with E-state index >= 15 is 0 Å². The molecule has 3 aromatic rings. The zero-order valence-corrected chi connectivity index (χ0v) is 13.3. The van der Waals surface area contributed by atoms with E-state index in [1.165, 1.54) is 34.0 Å². The fraction of sp³-hybridized carbons (Fsp3) is 0.0500. The van der Waals surface area contributed by atoms with Crippen LogP contribution < -0.4 is 0 Å². The topological polar surface area (TPSA) is 17.1 Å². The van der Waals surface area contributed by atoms with Crippen LogP contribution in [0.4, 0.5) is 0 Å². The molecule has 0 amide bonds. The molecule has 0 atom stereocenters. The molecule has 110 valence electrons. The van der Waals surface area contributed by atoms with Crippen LogP contribution in [0.2, 0.25) is 0 Å². The van der Waals surface area contributed by atoms with Gasteiger partial charge in [-0.15, -0.1) is 0 Å². The van der Waals surface area contributed by atoms with E-state index < -0.39 is 0 Å². The van der Waals surface area contributed by atoms with Crippen molar-refractivity contribution < 1.29 is 4.79 Å². The first kappa shape index (κ1) is 16.1. The molecule has 2 heteroatoms. The molecule has 0 aliphatic carbocycles. The molecule has 0 saturated heterocycles. The Morgan fingerprint density at radius 3 is 1.27 bits per heavy atom. The molecule has 0 radical (unpaired) electrons. The van der Waals surface area contributed by atoms with E-state index in [4.69, 9.17) is 4.79 Å². The highest BCUT2D eigenvalue weighted by molar-refractivity contribution is 8.11. The predicted molar refractivity (Wildman–Crippen MR) is 97.6 cm³/mol. The summed E-state index contributed by atoms with van der Waals surface area (Å²) in [6.07, 6.45) is 1.73. The van der Waals surface area contributed by atoms with Gasteiger partial charge in [0.1, 0.15) is 0 Å². The summed E-state index contributed by atoms with van der Waals surface area (Å²) in [6.45, 7) is 0. The molecule has 0 aliphatic heterocycles. The summed E-state index contributed by atoms with van der Waals surface area (Å²) in [5.41, 5.74) is 5.88. The fourth-order valence-corrected chi connectivity index (χ4v) is 2.22. The zero-order chi connectivity index (χ0) is 15.6. The van der Waals surface area contributed by atoms with Gasteiger partial charge in [0, 0.05) is 0 Å². The molecule has 0 spiro atoms. The van der Waals surface area contributed by atoms with Gasteiger partial charge in [-0.25, -0.2) is 0 Å². The second-order valence-electron chi connectivity index (χ2n) is 4.61. The molecule has 0 aliphatic rings. The van der Waals surface area contributed by atoms with Gasteiger partial charge >= 0.3 is 0 Å². The number of carbonyl (C=O) groups is 1. The Bertz CT molecular complexity index is 635. The van der Waals surface area contributed by atoms with Crippen LogP contribution in [0.25, 0.3) is 22.3 Å². The van der Waals surface area contributed by atoms with Gasteiger partial charge in [0.05, 0.1) is 0 Å². The molecule has 3 rings (SSSR count). The summed E-state index contributed by atoms with van der Waals surface area (Å²) in [5.74, 6) is 0. The monoisotopic (exact) mass is 306 g/mol. The summed E-state index contributed by atoms with van der Waals surface area (Å²) < 4.78 is 0. The Morgan fingerprint density at radius 2 is 0.955 bits per heavy atom. The highest BCUT2D eigenvalue weighted by atomic mass is 32.2. The van der Waals surface area contributed by atoms with Crippen molar-refractivity contribution in [1.29, 1.82) is 0 Å². The lowest BCUT2D eigenvalue weighted by molar-refractivity contribution is 0.570. The van der Waals surface area contributed by atoms with Crippen molar-refractivity contribution >= 4 is 17.4 Å². The van der Waals surface area contributed by atoms with E-state index in [2.05, 4.69) is 84.9 Å². The SMILES string of the molecule is CSC=O.c1ccc(-c2ccccc2-c2ccccc2)cc1. The predicted octanol–water partition coefficient (Wildman–Crippen LogP) is 5.56. The van der Waals surface area contributed by atoms with Crippen molar-refractivity contribution in [2.45, 2.75) is 0 Å². The van der Waals surface area contributed by atoms with Gasteiger partial charge in [0.15, 0.2) is 5.62 Å². The number of rotatable bonds is 3. The van der Waals surface area contributed by atoms with Crippen molar-refractivity contribution in [3.8, 4) is 22.3 Å². The maximum absolute atomic E-state index is 9.14.